The number of pyridine rings is 1. The number of nitrogens with one attached hydrogen (secondary N) is 1. The second-order valence-corrected chi connectivity index (χ2v) is 5.66. The van der Waals surface area contributed by atoms with Crippen molar-refractivity contribution in [1.29, 1.82) is 0 Å². The molecule has 0 saturated heterocycles. The molecule has 2 aromatic carbocycles. The summed E-state index contributed by atoms with van der Waals surface area (Å²) in [6, 6.07) is 16.6. The molecule has 1 amide bonds. The summed E-state index contributed by atoms with van der Waals surface area (Å²) >= 11 is 0. The number of anilines is 1. The lowest BCUT2D eigenvalue weighted by Gasteiger charge is -2.08. The predicted molar refractivity (Wildman–Crippen MR) is 96.4 cm³/mol. The minimum Gasteiger partial charge on any atom is -0.323 e. The van der Waals surface area contributed by atoms with Crippen molar-refractivity contribution in [2.75, 3.05) is 5.32 Å². The Hall–Kier alpha value is -3.54. The minimum absolute atomic E-state index is 0.108. The van der Waals surface area contributed by atoms with E-state index >= 15 is 0 Å². The minimum atomic E-state index is -0.309. The molecule has 0 unspecified atom stereocenters. The van der Waals surface area contributed by atoms with E-state index < -0.39 is 0 Å². The van der Waals surface area contributed by atoms with Crippen LogP contribution in [-0.2, 0) is 11.3 Å². The molecule has 6 nitrogen and oxygen atoms in total. The monoisotopic (exact) mass is 330 g/mol. The van der Waals surface area contributed by atoms with Crippen molar-refractivity contribution in [3.8, 4) is 0 Å². The predicted octanol–water partition coefficient (Wildman–Crippen LogP) is 2.58. The number of aromatic nitrogens is 3. The SMILES string of the molecule is O=C(Cn1cnc2ccccc2c1=O)Nc1cnc2ccccc2c1. The van der Waals surface area contributed by atoms with Crippen LogP contribution in [0.3, 0.4) is 0 Å². The van der Waals surface area contributed by atoms with E-state index in [-0.39, 0.29) is 18.0 Å². The summed E-state index contributed by atoms with van der Waals surface area (Å²) in [4.78, 5) is 33.2. The van der Waals surface area contributed by atoms with Gasteiger partial charge in [0.15, 0.2) is 0 Å². The third-order valence-electron chi connectivity index (χ3n) is 3.92. The first kappa shape index (κ1) is 15.0. The fourth-order valence-corrected chi connectivity index (χ4v) is 2.71. The van der Waals surface area contributed by atoms with Crippen molar-refractivity contribution in [1.82, 2.24) is 14.5 Å². The zero-order chi connectivity index (χ0) is 17.2. The molecule has 0 atom stereocenters. The van der Waals surface area contributed by atoms with E-state index in [1.807, 2.05) is 36.4 Å². The van der Waals surface area contributed by atoms with Crippen LogP contribution in [0.2, 0.25) is 0 Å². The van der Waals surface area contributed by atoms with Crippen LogP contribution in [0, 0.1) is 0 Å². The van der Waals surface area contributed by atoms with Crippen LogP contribution in [0.15, 0.2) is 71.9 Å². The van der Waals surface area contributed by atoms with Gasteiger partial charge in [0.1, 0.15) is 6.54 Å². The van der Waals surface area contributed by atoms with Crippen molar-refractivity contribution >= 4 is 33.4 Å². The highest BCUT2D eigenvalue weighted by Crippen LogP contribution is 2.16. The third-order valence-corrected chi connectivity index (χ3v) is 3.92. The smallest absolute Gasteiger partial charge is 0.261 e. The average molecular weight is 330 g/mol. The van der Waals surface area contributed by atoms with E-state index in [0.717, 1.165) is 10.9 Å². The maximum atomic E-state index is 12.4. The van der Waals surface area contributed by atoms with Crippen LogP contribution < -0.4 is 10.9 Å². The fourth-order valence-electron chi connectivity index (χ4n) is 2.71. The molecule has 1 N–H and O–H groups in total. The van der Waals surface area contributed by atoms with Crippen molar-refractivity contribution in [3.05, 3.63) is 77.5 Å². The maximum absolute atomic E-state index is 12.4. The van der Waals surface area contributed by atoms with Crippen LogP contribution in [0.1, 0.15) is 0 Å². The van der Waals surface area contributed by atoms with Crippen LogP contribution >= 0.6 is 0 Å². The van der Waals surface area contributed by atoms with Gasteiger partial charge in [0.25, 0.3) is 5.56 Å². The maximum Gasteiger partial charge on any atom is 0.261 e. The van der Waals surface area contributed by atoms with Crippen molar-refractivity contribution in [3.63, 3.8) is 0 Å². The molecule has 0 radical (unpaired) electrons. The number of carbonyl (C=O) groups excluding carboxylic acids is 1. The van der Waals surface area contributed by atoms with Gasteiger partial charge in [0.05, 0.1) is 34.6 Å². The molecule has 0 aliphatic carbocycles. The average Bonchev–Trinajstić information content (AvgIpc) is 2.64. The molecule has 0 fully saturated rings. The molecule has 2 aromatic heterocycles. The summed E-state index contributed by atoms with van der Waals surface area (Å²) in [7, 11) is 0. The molecule has 122 valence electrons. The van der Waals surface area contributed by atoms with Crippen molar-refractivity contribution in [2.24, 2.45) is 0 Å². The Morgan fingerprint density at radius 2 is 1.76 bits per heavy atom. The van der Waals surface area contributed by atoms with Gasteiger partial charge in [-0.05, 0) is 24.3 Å². The summed E-state index contributed by atoms with van der Waals surface area (Å²) in [6.07, 6.45) is 2.99. The van der Waals surface area contributed by atoms with E-state index in [2.05, 4.69) is 15.3 Å². The summed E-state index contributed by atoms with van der Waals surface area (Å²) in [5.74, 6) is -0.309. The van der Waals surface area contributed by atoms with Gasteiger partial charge in [0.2, 0.25) is 5.91 Å². The Morgan fingerprint density at radius 1 is 1.00 bits per heavy atom. The molecule has 0 aliphatic rings. The highest BCUT2D eigenvalue weighted by Gasteiger charge is 2.09. The zero-order valence-electron chi connectivity index (χ0n) is 13.2. The number of carbonyl (C=O) groups is 1. The fraction of sp³-hybridized carbons (Fsp3) is 0.0526. The number of nitrogens with zero attached hydrogens (tertiary/aromatic N) is 3. The van der Waals surface area contributed by atoms with Gasteiger partial charge >= 0.3 is 0 Å². The summed E-state index contributed by atoms with van der Waals surface area (Å²) in [6.45, 7) is -0.108. The highest BCUT2D eigenvalue weighted by atomic mass is 16.2. The quantitative estimate of drug-likeness (QED) is 0.626. The lowest BCUT2D eigenvalue weighted by molar-refractivity contribution is -0.116. The highest BCUT2D eigenvalue weighted by molar-refractivity contribution is 5.93. The van der Waals surface area contributed by atoms with Crippen LogP contribution in [-0.4, -0.2) is 20.4 Å². The first-order chi connectivity index (χ1) is 12.2. The largest absolute Gasteiger partial charge is 0.323 e. The number of fused-ring (bicyclic) bond motifs is 2. The first-order valence-electron chi connectivity index (χ1n) is 7.79. The Kier molecular flexibility index (Phi) is 3.70. The first-order valence-corrected chi connectivity index (χ1v) is 7.79. The van der Waals surface area contributed by atoms with Gasteiger partial charge in [0, 0.05) is 5.39 Å². The topological polar surface area (TPSA) is 76.9 Å². The molecule has 0 saturated carbocycles. The number of para-hydroxylation sites is 2. The number of rotatable bonds is 3. The normalized spacial score (nSPS) is 10.9. The zero-order valence-corrected chi connectivity index (χ0v) is 13.2. The van der Waals surface area contributed by atoms with Crippen LogP contribution in [0.4, 0.5) is 5.69 Å². The lowest BCUT2D eigenvalue weighted by Crippen LogP contribution is -2.27. The van der Waals surface area contributed by atoms with Crippen LogP contribution in [0.5, 0.6) is 0 Å². The molecule has 4 rings (SSSR count). The van der Waals surface area contributed by atoms with Gasteiger partial charge in [-0.25, -0.2) is 4.98 Å². The van der Waals surface area contributed by atoms with Gasteiger partial charge in [-0.1, -0.05) is 30.3 Å². The standard InChI is InChI=1S/C19H14N4O2/c24-18(22-14-9-13-5-1-3-7-16(13)20-10-14)11-23-12-21-17-8-4-2-6-15(17)19(23)25/h1-10,12H,11H2,(H,22,24). The van der Waals surface area contributed by atoms with E-state index in [4.69, 9.17) is 0 Å². The second-order valence-electron chi connectivity index (χ2n) is 5.66. The van der Waals surface area contributed by atoms with Gasteiger partial charge < -0.3 is 5.32 Å². The molecule has 0 bridgehead atoms. The summed E-state index contributed by atoms with van der Waals surface area (Å²) < 4.78 is 1.30. The molecule has 0 spiro atoms. The molecular weight excluding hydrogens is 316 g/mol. The van der Waals surface area contributed by atoms with Crippen molar-refractivity contribution in [2.45, 2.75) is 6.54 Å². The van der Waals surface area contributed by atoms with Crippen LogP contribution in [0.25, 0.3) is 21.8 Å². The Labute approximate surface area is 142 Å². The summed E-state index contributed by atoms with van der Waals surface area (Å²) in [5, 5.41) is 4.19. The third kappa shape index (κ3) is 2.97. The molecule has 2 heterocycles. The molecule has 0 aliphatic heterocycles. The van der Waals surface area contributed by atoms with Crippen molar-refractivity contribution < 1.29 is 4.79 Å². The lowest BCUT2D eigenvalue weighted by atomic mass is 10.2. The second kappa shape index (κ2) is 6.16. The molecular formula is C19H14N4O2. The molecule has 25 heavy (non-hydrogen) atoms. The van der Waals surface area contributed by atoms with E-state index in [1.54, 1.807) is 24.4 Å². The number of benzene rings is 2. The van der Waals surface area contributed by atoms with E-state index in [9.17, 15) is 9.59 Å². The Bertz CT molecular complexity index is 1150. The summed E-state index contributed by atoms with van der Waals surface area (Å²) in [5.41, 5.74) is 1.82. The number of hydrogen-bond acceptors (Lipinski definition) is 4. The number of amides is 1. The van der Waals surface area contributed by atoms with Gasteiger partial charge in [-0.2, -0.15) is 0 Å². The van der Waals surface area contributed by atoms with E-state index in [0.29, 0.717) is 16.6 Å². The van der Waals surface area contributed by atoms with Gasteiger partial charge in [-0.15, -0.1) is 0 Å². The Morgan fingerprint density at radius 3 is 2.64 bits per heavy atom. The number of hydrogen-bond donors (Lipinski definition) is 1. The molecule has 6 heteroatoms. The van der Waals surface area contributed by atoms with E-state index in [1.165, 1.54) is 10.9 Å². The molecule has 4 aromatic rings. The Balaban J connectivity index is 1.57. The van der Waals surface area contributed by atoms with Gasteiger partial charge in [-0.3, -0.25) is 19.1 Å².